The van der Waals surface area contributed by atoms with Gasteiger partial charge in [-0.3, -0.25) is 0 Å². The lowest BCUT2D eigenvalue weighted by Gasteiger charge is -2.15. The molecule has 0 aliphatic carbocycles. The fourth-order valence-electron chi connectivity index (χ4n) is 7.48. The average Bonchev–Trinajstić information content (AvgIpc) is 3.65. The second-order valence-corrected chi connectivity index (χ2v) is 13.8. The van der Waals surface area contributed by atoms with Crippen molar-refractivity contribution in [3.63, 3.8) is 0 Å². The third-order valence-electron chi connectivity index (χ3n) is 10.2. The van der Waals surface area contributed by atoms with Crippen molar-refractivity contribution in [3.05, 3.63) is 206 Å². The molecule has 10 aromatic rings. The summed E-state index contributed by atoms with van der Waals surface area (Å²) < 4.78 is 6.21. The summed E-state index contributed by atoms with van der Waals surface area (Å²) in [5.41, 5.74) is 15.5. The Morgan fingerprint density at radius 3 is 1.09 bits per heavy atom. The van der Waals surface area contributed by atoms with Crippen LogP contribution in [0.15, 0.2) is 211 Å². The van der Waals surface area contributed by atoms with Gasteiger partial charge in [0.15, 0.2) is 5.82 Å². The molecule has 0 saturated heterocycles. The Balaban J connectivity index is 1.23. The van der Waals surface area contributed by atoms with E-state index in [1.165, 1.54) is 0 Å². The smallest absolute Gasteiger partial charge is 0.160 e. The first-order chi connectivity index (χ1) is 27.2. The molecule has 3 heteroatoms. The van der Waals surface area contributed by atoms with Gasteiger partial charge in [-0.1, -0.05) is 140 Å². The highest BCUT2D eigenvalue weighted by Gasteiger charge is 2.17. The topological polar surface area (TPSA) is 38.9 Å². The van der Waals surface area contributed by atoms with Crippen molar-refractivity contribution in [2.24, 2.45) is 0 Å². The standard InChI is InChI=1S/C52H34N2O/c1-5-15-35(16-6-1)40-27-41(36-17-7-2-8-18-36)30-44(29-40)48-34-49(54-52(53-48)39-25-26-51-47(33-39)46-23-13-14-24-50(46)55-51)45-31-42(37-19-9-3-10-20-37)28-43(32-45)38-21-11-4-12-22-38/h1-34H. The van der Waals surface area contributed by atoms with E-state index in [-0.39, 0.29) is 0 Å². The molecule has 0 spiro atoms. The highest BCUT2D eigenvalue weighted by molar-refractivity contribution is 6.06. The van der Waals surface area contributed by atoms with E-state index in [1.807, 2.05) is 24.3 Å². The van der Waals surface area contributed by atoms with Gasteiger partial charge >= 0.3 is 0 Å². The van der Waals surface area contributed by atoms with Crippen LogP contribution in [0.1, 0.15) is 0 Å². The van der Waals surface area contributed by atoms with Gasteiger partial charge in [0, 0.05) is 27.5 Å². The molecule has 0 atom stereocenters. The Hall–Kier alpha value is -7.36. The van der Waals surface area contributed by atoms with Crippen LogP contribution in [0.3, 0.4) is 0 Å². The SMILES string of the molecule is c1ccc(-c2cc(-c3ccccc3)cc(-c3cc(-c4cc(-c5ccccc5)cc(-c5ccccc5)c4)nc(-c4ccc5oc6ccccc6c5c4)n3)c2)cc1. The fraction of sp³-hybridized carbons (Fsp3) is 0. The lowest BCUT2D eigenvalue weighted by molar-refractivity contribution is 0.669. The second-order valence-electron chi connectivity index (χ2n) is 13.8. The first-order valence-corrected chi connectivity index (χ1v) is 18.6. The summed E-state index contributed by atoms with van der Waals surface area (Å²) in [5.74, 6) is 0.650. The largest absolute Gasteiger partial charge is 0.456 e. The van der Waals surface area contributed by atoms with E-state index in [9.17, 15) is 0 Å². The van der Waals surface area contributed by atoms with Crippen molar-refractivity contribution in [2.45, 2.75) is 0 Å². The molecule has 3 nitrogen and oxygen atoms in total. The van der Waals surface area contributed by atoms with Crippen molar-refractivity contribution in [3.8, 4) is 78.4 Å². The summed E-state index contributed by atoms with van der Waals surface area (Å²) in [6.45, 7) is 0. The average molecular weight is 703 g/mol. The van der Waals surface area contributed by atoms with Crippen molar-refractivity contribution >= 4 is 21.9 Å². The molecular formula is C52H34N2O. The molecule has 8 aromatic carbocycles. The van der Waals surface area contributed by atoms with Crippen LogP contribution in [-0.2, 0) is 0 Å². The van der Waals surface area contributed by atoms with Gasteiger partial charge < -0.3 is 4.42 Å². The molecule has 258 valence electrons. The molecule has 0 aliphatic heterocycles. The number of aromatic nitrogens is 2. The molecule has 0 saturated carbocycles. The Labute approximate surface area is 319 Å². The van der Waals surface area contributed by atoms with Gasteiger partial charge in [-0.05, 0) is 111 Å². The van der Waals surface area contributed by atoms with Gasteiger partial charge in [0.25, 0.3) is 0 Å². The van der Waals surface area contributed by atoms with E-state index < -0.39 is 0 Å². The zero-order valence-corrected chi connectivity index (χ0v) is 29.9. The molecule has 0 unspecified atom stereocenters. The van der Waals surface area contributed by atoms with Crippen molar-refractivity contribution < 1.29 is 4.42 Å². The predicted molar refractivity (Wildman–Crippen MR) is 227 cm³/mol. The van der Waals surface area contributed by atoms with Gasteiger partial charge in [0.1, 0.15) is 11.2 Å². The van der Waals surface area contributed by atoms with E-state index in [2.05, 4.69) is 182 Å². The third-order valence-corrected chi connectivity index (χ3v) is 10.2. The molecule has 0 radical (unpaired) electrons. The maximum atomic E-state index is 6.21. The van der Waals surface area contributed by atoms with Crippen LogP contribution in [0, 0.1) is 0 Å². The zero-order chi connectivity index (χ0) is 36.6. The first kappa shape index (κ1) is 32.3. The Morgan fingerprint density at radius 2 is 0.636 bits per heavy atom. The van der Waals surface area contributed by atoms with E-state index in [1.54, 1.807) is 0 Å². The molecule has 2 aromatic heterocycles. The van der Waals surface area contributed by atoms with Crippen LogP contribution < -0.4 is 0 Å². The Kier molecular flexibility index (Phi) is 8.16. The van der Waals surface area contributed by atoms with Crippen LogP contribution in [0.25, 0.3) is 100 Å². The second kappa shape index (κ2) is 13.9. The highest BCUT2D eigenvalue weighted by atomic mass is 16.3. The van der Waals surface area contributed by atoms with E-state index in [0.29, 0.717) is 5.82 Å². The van der Waals surface area contributed by atoms with Crippen LogP contribution in [0.5, 0.6) is 0 Å². The van der Waals surface area contributed by atoms with Gasteiger partial charge in [-0.15, -0.1) is 0 Å². The molecule has 0 N–H and O–H groups in total. The molecule has 0 amide bonds. The first-order valence-electron chi connectivity index (χ1n) is 18.6. The number of para-hydroxylation sites is 1. The quantitative estimate of drug-likeness (QED) is 0.166. The van der Waals surface area contributed by atoms with E-state index in [4.69, 9.17) is 14.4 Å². The van der Waals surface area contributed by atoms with Crippen LogP contribution in [0.2, 0.25) is 0 Å². The monoisotopic (exact) mass is 702 g/mol. The normalized spacial score (nSPS) is 11.3. The summed E-state index contributed by atoms with van der Waals surface area (Å²) in [5, 5.41) is 2.11. The van der Waals surface area contributed by atoms with Gasteiger partial charge in [-0.2, -0.15) is 0 Å². The number of hydrogen-bond acceptors (Lipinski definition) is 3. The van der Waals surface area contributed by atoms with Gasteiger partial charge in [0.05, 0.1) is 11.4 Å². The molecule has 55 heavy (non-hydrogen) atoms. The van der Waals surface area contributed by atoms with Crippen LogP contribution in [-0.4, -0.2) is 9.97 Å². The van der Waals surface area contributed by atoms with E-state index in [0.717, 1.165) is 94.5 Å². The Bertz CT molecular complexity index is 2690. The minimum absolute atomic E-state index is 0.650. The number of benzene rings is 8. The maximum absolute atomic E-state index is 6.21. The van der Waals surface area contributed by atoms with Crippen LogP contribution in [0.4, 0.5) is 0 Å². The predicted octanol–water partition coefficient (Wildman–Crippen LogP) is 14.0. The number of fused-ring (bicyclic) bond motifs is 3. The molecule has 0 aliphatic rings. The summed E-state index contributed by atoms with van der Waals surface area (Å²) in [4.78, 5) is 10.7. The zero-order valence-electron chi connectivity index (χ0n) is 29.9. The maximum Gasteiger partial charge on any atom is 0.160 e. The molecule has 0 fully saturated rings. The lowest BCUT2D eigenvalue weighted by Crippen LogP contribution is -1.97. The minimum atomic E-state index is 0.650. The number of hydrogen-bond donors (Lipinski definition) is 0. The van der Waals surface area contributed by atoms with Crippen molar-refractivity contribution in [1.29, 1.82) is 0 Å². The third kappa shape index (κ3) is 6.39. The molecular weight excluding hydrogens is 669 g/mol. The van der Waals surface area contributed by atoms with Crippen molar-refractivity contribution in [2.75, 3.05) is 0 Å². The number of rotatable bonds is 7. The van der Waals surface area contributed by atoms with Gasteiger partial charge in [0.2, 0.25) is 0 Å². The fourth-order valence-corrected chi connectivity index (χ4v) is 7.48. The molecule has 10 rings (SSSR count). The summed E-state index contributed by atoms with van der Waals surface area (Å²) in [7, 11) is 0. The lowest BCUT2D eigenvalue weighted by atomic mass is 9.93. The summed E-state index contributed by atoms with van der Waals surface area (Å²) in [6, 6.07) is 72.4. The van der Waals surface area contributed by atoms with Gasteiger partial charge in [-0.25, -0.2) is 9.97 Å². The summed E-state index contributed by atoms with van der Waals surface area (Å²) >= 11 is 0. The molecule has 0 bridgehead atoms. The van der Waals surface area contributed by atoms with Crippen LogP contribution >= 0.6 is 0 Å². The Morgan fingerprint density at radius 1 is 0.255 bits per heavy atom. The summed E-state index contributed by atoms with van der Waals surface area (Å²) in [6.07, 6.45) is 0. The number of furan rings is 1. The van der Waals surface area contributed by atoms with E-state index >= 15 is 0 Å². The minimum Gasteiger partial charge on any atom is -0.456 e. The highest BCUT2D eigenvalue weighted by Crippen LogP contribution is 2.38. The van der Waals surface area contributed by atoms with Crippen molar-refractivity contribution in [1.82, 2.24) is 9.97 Å². The number of nitrogens with zero attached hydrogens (tertiary/aromatic N) is 2. The molecule has 2 heterocycles.